The second kappa shape index (κ2) is 8.76. The molecule has 1 aliphatic heterocycles. The molecule has 0 radical (unpaired) electrons. The number of amides is 4. The number of benzene rings is 1. The summed E-state index contributed by atoms with van der Waals surface area (Å²) < 4.78 is 2.05. The molecule has 5 aliphatic rings. The number of rotatable bonds is 4. The average molecular weight is 521 g/mol. The molecule has 5 fully saturated rings. The van der Waals surface area contributed by atoms with E-state index in [1.54, 1.807) is 18.5 Å². The summed E-state index contributed by atoms with van der Waals surface area (Å²) in [5, 5.41) is 2.37. The highest BCUT2D eigenvalue weighted by Gasteiger charge is 2.51. The molecular weight excluding hydrogens is 488 g/mol. The van der Waals surface area contributed by atoms with Crippen molar-refractivity contribution in [3.8, 4) is 5.69 Å². The Kier molecular flexibility index (Phi) is 5.41. The molecule has 4 bridgehead atoms. The quantitative estimate of drug-likeness (QED) is 0.357. The number of aromatic nitrogens is 2. The van der Waals surface area contributed by atoms with Gasteiger partial charge in [0.1, 0.15) is 5.57 Å². The number of anilines is 1. The number of urea groups is 1. The van der Waals surface area contributed by atoms with Crippen molar-refractivity contribution in [3.05, 3.63) is 82.9 Å². The number of aryl methyl sites for hydroxylation is 1. The first-order valence-electron chi connectivity index (χ1n) is 13.9. The van der Waals surface area contributed by atoms with E-state index in [1.807, 2.05) is 48.7 Å². The molecule has 4 aliphatic carbocycles. The highest BCUT2D eigenvalue weighted by atomic mass is 16.2. The summed E-state index contributed by atoms with van der Waals surface area (Å²) in [5.74, 6) is 1.22. The van der Waals surface area contributed by atoms with Gasteiger partial charge in [-0.1, -0.05) is 12.1 Å². The summed E-state index contributed by atoms with van der Waals surface area (Å²) in [5.41, 5.74) is 5.51. The van der Waals surface area contributed by atoms with E-state index in [9.17, 15) is 14.4 Å². The predicted molar refractivity (Wildman–Crippen MR) is 148 cm³/mol. The SMILES string of the molecule is Cc1cc(/C=C2\C(=O)NC(=O)N(c3ccc(C45CC6CC(CC(C6)C4)C5)cc3)C2=O)c(C)n1-c1ccncc1. The summed E-state index contributed by atoms with van der Waals surface area (Å²) in [6, 6.07) is 13.0. The fourth-order valence-corrected chi connectivity index (χ4v) is 8.30. The number of barbiturate groups is 1. The third-order valence-electron chi connectivity index (χ3n) is 9.57. The fourth-order valence-electron chi connectivity index (χ4n) is 8.30. The van der Waals surface area contributed by atoms with Crippen molar-refractivity contribution in [1.82, 2.24) is 14.9 Å². The van der Waals surface area contributed by atoms with Crippen LogP contribution in [0.3, 0.4) is 0 Å². The van der Waals surface area contributed by atoms with Gasteiger partial charge in [0.25, 0.3) is 11.8 Å². The van der Waals surface area contributed by atoms with E-state index < -0.39 is 17.8 Å². The molecule has 0 spiro atoms. The van der Waals surface area contributed by atoms with Crippen LogP contribution in [0, 0.1) is 31.6 Å². The number of pyridine rings is 1. The molecule has 4 amide bonds. The zero-order chi connectivity index (χ0) is 26.9. The van der Waals surface area contributed by atoms with Gasteiger partial charge in [-0.3, -0.25) is 19.9 Å². The Morgan fingerprint density at radius 1 is 0.872 bits per heavy atom. The molecule has 1 N–H and O–H groups in total. The van der Waals surface area contributed by atoms with E-state index in [0.29, 0.717) is 5.69 Å². The molecule has 0 atom stereocenters. The lowest BCUT2D eigenvalue weighted by molar-refractivity contribution is -0.122. The van der Waals surface area contributed by atoms with Gasteiger partial charge in [0, 0.05) is 29.5 Å². The van der Waals surface area contributed by atoms with Gasteiger partial charge in [-0.15, -0.1) is 0 Å². The van der Waals surface area contributed by atoms with Crippen LogP contribution in [0.2, 0.25) is 0 Å². The summed E-state index contributed by atoms with van der Waals surface area (Å²) in [7, 11) is 0. The maximum Gasteiger partial charge on any atom is 0.335 e. The Morgan fingerprint density at radius 3 is 2.10 bits per heavy atom. The number of hydrogen-bond donors (Lipinski definition) is 1. The maximum atomic E-state index is 13.6. The smallest absolute Gasteiger partial charge is 0.318 e. The predicted octanol–water partition coefficient (Wildman–Crippen LogP) is 5.62. The van der Waals surface area contributed by atoms with Crippen molar-refractivity contribution in [3.63, 3.8) is 0 Å². The van der Waals surface area contributed by atoms with Crippen LogP contribution in [-0.2, 0) is 15.0 Å². The second-order valence-electron chi connectivity index (χ2n) is 12.1. The molecule has 8 rings (SSSR count). The van der Waals surface area contributed by atoms with Gasteiger partial charge in [0.05, 0.1) is 5.69 Å². The average Bonchev–Trinajstić information content (AvgIpc) is 3.19. The van der Waals surface area contributed by atoms with Gasteiger partial charge in [-0.25, -0.2) is 9.69 Å². The van der Waals surface area contributed by atoms with E-state index in [2.05, 4.69) is 22.4 Å². The lowest BCUT2D eigenvalue weighted by Gasteiger charge is -2.57. The summed E-state index contributed by atoms with van der Waals surface area (Å²) in [6.07, 6.45) is 12.9. The molecule has 1 saturated heterocycles. The lowest BCUT2D eigenvalue weighted by atomic mass is 9.48. The Bertz CT molecular complexity index is 1500. The molecule has 7 nitrogen and oxygen atoms in total. The van der Waals surface area contributed by atoms with Crippen LogP contribution in [0.15, 0.2) is 60.4 Å². The molecule has 2 aromatic heterocycles. The molecule has 0 unspecified atom stereocenters. The highest BCUT2D eigenvalue weighted by molar-refractivity contribution is 6.39. The van der Waals surface area contributed by atoms with Crippen LogP contribution in [0.5, 0.6) is 0 Å². The highest BCUT2D eigenvalue weighted by Crippen LogP contribution is 2.60. The normalized spacial score (nSPS) is 28.9. The molecule has 3 aromatic rings. The Balaban J connectivity index is 1.19. The van der Waals surface area contributed by atoms with E-state index in [0.717, 1.165) is 45.3 Å². The van der Waals surface area contributed by atoms with Crippen LogP contribution >= 0.6 is 0 Å². The first-order chi connectivity index (χ1) is 18.8. The third-order valence-corrected chi connectivity index (χ3v) is 9.57. The Labute approximate surface area is 227 Å². The minimum Gasteiger partial charge on any atom is -0.318 e. The Morgan fingerprint density at radius 2 is 1.49 bits per heavy atom. The first kappa shape index (κ1) is 24.1. The lowest BCUT2D eigenvalue weighted by Crippen LogP contribution is -2.54. The largest absolute Gasteiger partial charge is 0.335 e. The summed E-state index contributed by atoms with van der Waals surface area (Å²) >= 11 is 0. The van der Waals surface area contributed by atoms with Crippen LogP contribution < -0.4 is 10.2 Å². The molecular formula is C32H32N4O3. The van der Waals surface area contributed by atoms with Crippen LogP contribution in [0.4, 0.5) is 10.5 Å². The van der Waals surface area contributed by atoms with Gasteiger partial charge in [0.2, 0.25) is 0 Å². The molecule has 198 valence electrons. The number of carbonyl (C=O) groups is 3. The van der Waals surface area contributed by atoms with E-state index in [-0.39, 0.29) is 11.0 Å². The minimum atomic E-state index is -0.716. The molecule has 4 saturated carbocycles. The van der Waals surface area contributed by atoms with E-state index >= 15 is 0 Å². The molecule has 39 heavy (non-hydrogen) atoms. The zero-order valence-corrected chi connectivity index (χ0v) is 22.3. The summed E-state index contributed by atoms with van der Waals surface area (Å²) in [4.78, 5) is 44.4. The van der Waals surface area contributed by atoms with Crippen molar-refractivity contribution in [2.24, 2.45) is 17.8 Å². The van der Waals surface area contributed by atoms with E-state index in [4.69, 9.17) is 0 Å². The maximum absolute atomic E-state index is 13.6. The molecule has 1 aromatic carbocycles. The summed E-state index contributed by atoms with van der Waals surface area (Å²) in [6.45, 7) is 3.91. The van der Waals surface area contributed by atoms with Crippen molar-refractivity contribution < 1.29 is 14.4 Å². The Hall–Kier alpha value is -4.00. The first-order valence-corrected chi connectivity index (χ1v) is 13.9. The number of carbonyl (C=O) groups excluding carboxylic acids is 3. The topological polar surface area (TPSA) is 84.3 Å². The van der Waals surface area contributed by atoms with Crippen LogP contribution in [0.25, 0.3) is 11.8 Å². The van der Waals surface area contributed by atoms with Crippen molar-refractivity contribution in [2.75, 3.05) is 4.90 Å². The van der Waals surface area contributed by atoms with E-state index in [1.165, 1.54) is 44.1 Å². The van der Waals surface area contributed by atoms with Gasteiger partial charge < -0.3 is 4.57 Å². The van der Waals surface area contributed by atoms with Crippen LogP contribution in [-0.4, -0.2) is 27.4 Å². The van der Waals surface area contributed by atoms with Crippen LogP contribution in [0.1, 0.15) is 61.0 Å². The zero-order valence-electron chi connectivity index (χ0n) is 22.3. The molecule has 3 heterocycles. The monoisotopic (exact) mass is 520 g/mol. The number of hydrogen-bond acceptors (Lipinski definition) is 4. The van der Waals surface area contributed by atoms with Gasteiger partial charge in [-0.2, -0.15) is 0 Å². The van der Waals surface area contributed by atoms with Gasteiger partial charge in [-0.05, 0) is 123 Å². The standard InChI is InChI=1S/C32H32N4O3/c1-19-11-24(20(2)35(19)27-7-9-33-10-8-27)15-28-29(37)34-31(39)36(30(28)38)26-5-3-25(4-6-26)32-16-21-12-22(17-32)14-23(13-21)18-32/h3-11,15,21-23H,12-14,16-18H2,1-2H3,(H,34,37,39)/b28-15+. The number of nitrogens with zero attached hydrogens (tertiary/aromatic N) is 3. The number of imide groups is 2. The fraction of sp³-hybridized carbons (Fsp3) is 0.375. The molecule has 7 heteroatoms. The van der Waals surface area contributed by atoms with Gasteiger partial charge in [0.15, 0.2) is 0 Å². The number of nitrogens with one attached hydrogen (secondary N) is 1. The minimum absolute atomic E-state index is 0.0604. The van der Waals surface area contributed by atoms with Crippen molar-refractivity contribution in [1.29, 1.82) is 0 Å². The van der Waals surface area contributed by atoms with Crippen molar-refractivity contribution >= 4 is 29.6 Å². The van der Waals surface area contributed by atoms with Crippen molar-refractivity contribution in [2.45, 2.75) is 57.8 Å². The second-order valence-corrected chi connectivity index (χ2v) is 12.1. The van der Waals surface area contributed by atoms with Gasteiger partial charge >= 0.3 is 6.03 Å². The third kappa shape index (κ3) is 3.86.